The molecule has 1 aliphatic carbocycles. The summed E-state index contributed by atoms with van der Waals surface area (Å²) in [5.74, 6) is 0.345. The molecular weight excluding hydrogens is 374 g/mol. The van der Waals surface area contributed by atoms with E-state index in [0.29, 0.717) is 23.6 Å². The van der Waals surface area contributed by atoms with Crippen molar-refractivity contribution in [3.8, 4) is 22.5 Å². The van der Waals surface area contributed by atoms with E-state index in [1.807, 2.05) is 18.2 Å². The minimum Gasteiger partial charge on any atom is -0.382 e. The molecule has 6 nitrogen and oxygen atoms in total. The summed E-state index contributed by atoms with van der Waals surface area (Å²) in [6.45, 7) is 0.644. The summed E-state index contributed by atoms with van der Waals surface area (Å²) in [4.78, 5) is 21.2. The predicted molar refractivity (Wildman–Crippen MR) is 118 cm³/mol. The van der Waals surface area contributed by atoms with Crippen LogP contribution in [0.5, 0.6) is 0 Å². The van der Waals surface area contributed by atoms with E-state index in [4.69, 9.17) is 16.5 Å². The smallest absolute Gasteiger partial charge is 0.251 e. The lowest BCUT2D eigenvalue weighted by Crippen LogP contribution is -2.32. The zero-order valence-corrected chi connectivity index (χ0v) is 16.8. The van der Waals surface area contributed by atoms with Crippen molar-refractivity contribution >= 4 is 11.7 Å². The van der Waals surface area contributed by atoms with Crippen molar-refractivity contribution in [1.82, 2.24) is 15.3 Å². The quantitative estimate of drug-likeness (QED) is 0.626. The fourth-order valence-corrected chi connectivity index (χ4v) is 4.59. The second kappa shape index (κ2) is 7.22. The Morgan fingerprint density at radius 2 is 1.73 bits per heavy atom. The molecule has 0 unspecified atom stereocenters. The van der Waals surface area contributed by atoms with Gasteiger partial charge in [-0.3, -0.25) is 4.79 Å². The van der Waals surface area contributed by atoms with Crippen molar-refractivity contribution in [2.75, 3.05) is 12.3 Å². The normalized spacial score (nSPS) is 17.4. The van der Waals surface area contributed by atoms with Crippen molar-refractivity contribution < 1.29 is 4.79 Å². The van der Waals surface area contributed by atoms with Gasteiger partial charge in [0.25, 0.3) is 5.91 Å². The topological polar surface area (TPSA) is 107 Å². The van der Waals surface area contributed by atoms with Crippen molar-refractivity contribution in [1.29, 1.82) is 0 Å². The van der Waals surface area contributed by atoms with Crippen molar-refractivity contribution in [3.63, 3.8) is 0 Å². The van der Waals surface area contributed by atoms with Crippen molar-refractivity contribution in [3.05, 3.63) is 65.4 Å². The highest BCUT2D eigenvalue weighted by Crippen LogP contribution is 2.37. The number of nitrogens with one attached hydrogen (secondary N) is 1. The highest BCUT2D eigenvalue weighted by molar-refractivity contribution is 5.97. The highest BCUT2D eigenvalue weighted by Gasteiger charge is 2.31. The van der Waals surface area contributed by atoms with E-state index < -0.39 is 0 Å². The van der Waals surface area contributed by atoms with Crippen LogP contribution in [-0.2, 0) is 12.0 Å². The van der Waals surface area contributed by atoms with Crippen LogP contribution in [0, 0.1) is 0 Å². The number of nitrogens with zero attached hydrogens (tertiary/aromatic N) is 2. The minimum atomic E-state index is -0.202. The molecule has 5 N–H and O–H groups in total. The summed E-state index contributed by atoms with van der Waals surface area (Å²) in [6, 6.07) is 14.1. The molecule has 0 saturated heterocycles. The number of nitrogens with two attached hydrogens (primary N) is 2. The maximum atomic E-state index is 12.0. The van der Waals surface area contributed by atoms with Gasteiger partial charge < -0.3 is 16.8 Å². The fraction of sp³-hybridized carbons (Fsp3) is 0.292. The third-order valence-electron chi connectivity index (χ3n) is 6.36. The molecule has 152 valence electrons. The zero-order chi connectivity index (χ0) is 20.7. The van der Waals surface area contributed by atoms with Gasteiger partial charge >= 0.3 is 0 Å². The first kappa shape index (κ1) is 18.8. The number of nitrogen functional groups attached to an aromatic ring is 1. The van der Waals surface area contributed by atoms with E-state index in [0.717, 1.165) is 41.6 Å². The molecule has 1 amide bonds. The van der Waals surface area contributed by atoms with E-state index in [1.54, 1.807) is 6.20 Å². The molecule has 2 heterocycles. The number of amides is 1. The van der Waals surface area contributed by atoms with Gasteiger partial charge in [-0.2, -0.15) is 0 Å². The number of rotatable bonds is 3. The summed E-state index contributed by atoms with van der Waals surface area (Å²) in [6.07, 6.45) is 6.95. The average molecular weight is 399 g/mol. The van der Waals surface area contributed by atoms with Crippen LogP contribution in [0.1, 0.15) is 47.2 Å². The first-order valence-corrected chi connectivity index (χ1v) is 10.5. The van der Waals surface area contributed by atoms with Crippen LogP contribution >= 0.6 is 0 Å². The molecular formula is C24H25N5O. The molecule has 6 heteroatoms. The Morgan fingerprint density at radius 3 is 2.50 bits per heavy atom. The van der Waals surface area contributed by atoms with E-state index in [9.17, 15) is 4.79 Å². The fourth-order valence-electron chi connectivity index (χ4n) is 4.59. The van der Waals surface area contributed by atoms with Gasteiger partial charge in [0.1, 0.15) is 11.5 Å². The van der Waals surface area contributed by atoms with Crippen LogP contribution in [-0.4, -0.2) is 22.4 Å². The highest BCUT2D eigenvalue weighted by atomic mass is 16.1. The van der Waals surface area contributed by atoms with Gasteiger partial charge in [0.2, 0.25) is 0 Å². The summed E-state index contributed by atoms with van der Waals surface area (Å²) in [5.41, 5.74) is 18.7. The third-order valence-corrected chi connectivity index (χ3v) is 6.36. The lowest BCUT2D eigenvalue weighted by molar-refractivity contribution is 0.0946. The molecule has 0 atom stereocenters. The first-order chi connectivity index (χ1) is 14.5. The van der Waals surface area contributed by atoms with Gasteiger partial charge in [-0.05, 0) is 42.5 Å². The molecule has 0 spiro atoms. The second-order valence-corrected chi connectivity index (χ2v) is 8.31. The predicted octanol–water partition coefficient (Wildman–Crippen LogP) is 3.41. The molecule has 1 aliphatic heterocycles. The number of carbonyl (C=O) groups is 1. The average Bonchev–Trinajstić information content (AvgIpc) is 3.22. The molecule has 2 aliphatic rings. The number of fused-ring (bicyclic) bond motifs is 1. The molecule has 0 radical (unpaired) electrons. The summed E-state index contributed by atoms with van der Waals surface area (Å²) in [5, 5.41) is 2.87. The summed E-state index contributed by atoms with van der Waals surface area (Å²) < 4.78 is 0. The Labute approximate surface area is 175 Å². The van der Waals surface area contributed by atoms with Gasteiger partial charge in [0.15, 0.2) is 0 Å². The zero-order valence-electron chi connectivity index (χ0n) is 16.8. The SMILES string of the molecule is Nc1ncc(-c2ccc(C3(N)CCCC3)cc2)nc1-c1ccc2c(c1)CCNC2=O. The van der Waals surface area contributed by atoms with E-state index in [2.05, 4.69) is 34.6 Å². The van der Waals surface area contributed by atoms with Crippen LogP contribution in [0.4, 0.5) is 5.82 Å². The summed E-state index contributed by atoms with van der Waals surface area (Å²) >= 11 is 0. The molecule has 1 aromatic heterocycles. The molecule has 5 rings (SSSR count). The number of anilines is 1. The number of aromatic nitrogens is 2. The molecule has 0 bridgehead atoms. The van der Waals surface area contributed by atoms with Crippen LogP contribution < -0.4 is 16.8 Å². The van der Waals surface area contributed by atoms with E-state index >= 15 is 0 Å². The molecule has 1 fully saturated rings. The van der Waals surface area contributed by atoms with Crippen LogP contribution in [0.2, 0.25) is 0 Å². The number of carbonyl (C=O) groups excluding carboxylic acids is 1. The van der Waals surface area contributed by atoms with Gasteiger partial charge in [-0.25, -0.2) is 9.97 Å². The largest absolute Gasteiger partial charge is 0.382 e. The van der Waals surface area contributed by atoms with Crippen LogP contribution in [0.3, 0.4) is 0 Å². The van der Waals surface area contributed by atoms with Crippen LogP contribution in [0.15, 0.2) is 48.7 Å². The Hall–Kier alpha value is -3.25. The number of benzene rings is 2. The Balaban J connectivity index is 1.49. The van der Waals surface area contributed by atoms with Gasteiger partial charge in [0.05, 0.1) is 11.9 Å². The number of hydrogen-bond donors (Lipinski definition) is 3. The van der Waals surface area contributed by atoms with E-state index in [1.165, 1.54) is 18.4 Å². The van der Waals surface area contributed by atoms with Gasteiger partial charge in [0, 0.05) is 28.8 Å². The number of hydrogen-bond acceptors (Lipinski definition) is 5. The maximum Gasteiger partial charge on any atom is 0.251 e. The molecule has 1 saturated carbocycles. The third kappa shape index (κ3) is 3.23. The second-order valence-electron chi connectivity index (χ2n) is 8.31. The Morgan fingerprint density at radius 1 is 1.00 bits per heavy atom. The Bertz CT molecular complexity index is 1120. The molecule has 30 heavy (non-hydrogen) atoms. The van der Waals surface area contributed by atoms with Gasteiger partial charge in [-0.15, -0.1) is 0 Å². The Kier molecular flexibility index (Phi) is 4.51. The first-order valence-electron chi connectivity index (χ1n) is 10.5. The lowest BCUT2D eigenvalue weighted by Gasteiger charge is -2.24. The minimum absolute atomic E-state index is 0.0318. The lowest BCUT2D eigenvalue weighted by atomic mass is 9.89. The van der Waals surface area contributed by atoms with E-state index in [-0.39, 0.29) is 11.4 Å². The standard InChI is InChI=1S/C24H25N5O/c25-22-21(17-5-8-19-16(13-17)9-12-27-23(19)30)29-20(14-28-22)15-3-6-18(7-4-15)24(26)10-1-2-11-24/h3-8,13-14H,1-2,9-12,26H2,(H2,25,28)(H,27,30). The van der Waals surface area contributed by atoms with Crippen molar-refractivity contribution in [2.45, 2.75) is 37.6 Å². The monoisotopic (exact) mass is 399 g/mol. The van der Waals surface area contributed by atoms with Crippen molar-refractivity contribution in [2.24, 2.45) is 5.73 Å². The summed E-state index contributed by atoms with van der Waals surface area (Å²) in [7, 11) is 0. The molecule has 3 aromatic rings. The van der Waals surface area contributed by atoms with Gasteiger partial charge in [-0.1, -0.05) is 43.2 Å². The molecule has 2 aromatic carbocycles. The maximum absolute atomic E-state index is 12.0. The van der Waals surface area contributed by atoms with Crippen LogP contribution in [0.25, 0.3) is 22.5 Å².